The predicted octanol–water partition coefficient (Wildman–Crippen LogP) is 0.874. The summed E-state index contributed by atoms with van der Waals surface area (Å²) in [7, 11) is 1.52. The fourth-order valence-electron chi connectivity index (χ4n) is 2.17. The topological polar surface area (TPSA) is 75.8 Å². The van der Waals surface area contributed by atoms with Crippen molar-refractivity contribution in [3.05, 3.63) is 23.8 Å². The van der Waals surface area contributed by atoms with Gasteiger partial charge in [-0.25, -0.2) is 0 Å². The van der Waals surface area contributed by atoms with Gasteiger partial charge in [-0.15, -0.1) is 0 Å². The Kier molecular flexibility index (Phi) is 3.72. The van der Waals surface area contributed by atoms with Crippen LogP contribution in [-0.4, -0.2) is 42.2 Å². The molecule has 1 heterocycles. The number of hydrogen-bond donors (Lipinski definition) is 2. The molecule has 0 aromatic heterocycles. The molecular formula is C13H18N2O3. The highest BCUT2D eigenvalue weighted by molar-refractivity contribution is 6.01. The van der Waals surface area contributed by atoms with E-state index in [1.807, 2.05) is 0 Å². The van der Waals surface area contributed by atoms with Gasteiger partial charge in [0.1, 0.15) is 11.3 Å². The SMILES string of the molecule is COc1cccc(N)c1C(=O)N1CCC(O)CC1. The third-order valence-electron chi connectivity index (χ3n) is 3.24. The molecule has 0 atom stereocenters. The molecule has 0 unspecified atom stereocenters. The number of nitrogens with two attached hydrogens (primary N) is 1. The van der Waals surface area contributed by atoms with Gasteiger partial charge < -0.3 is 20.5 Å². The van der Waals surface area contributed by atoms with Crippen molar-refractivity contribution in [3.63, 3.8) is 0 Å². The first-order valence-corrected chi connectivity index (χ1v) is 6.03. The lowest BCUT2D eigenvalue weighted by Gasteiger charge is -2.30. The van der Waals surface area contributed by atoms with E-state index in [-0.39, 0.29) is 12.0 Å². The van der Waals surface area contributed by atoms with Crippen LogP contribution in [0.4, 0.5) is 5.69 Å². The Bertz CT molecular complexity index is 440. The average molecular weight is 250 g/mol. The van der Waals surface area contributed by atoms with Gasteiger partial charge in [-0.05, 0) is 25.0 Å². The molecular weight excluding hydrogens is 232 g/mol. The zero-order valence-corrected chi connectivity index (χ0v) is 10.4. The van der Waals surface area contributed by atoms with Crippen LogP contribution < -0.4 is 10.5 Å². The van der Waals surface area contributed by atoms with Gasteiger partial charge in [-0.1, -0.05) is 6.07 Å². The summed E-state index contributed by atoms with van der Waals surface area (Å²) in [5, 5.41) is 9.45. The Hall–Kier alpha value is -1.75. The minimum absolute atomic E-state index is 0.128. The normalized spacial score (nSPS) is 16.7. The highest BCUT2D eigenvalue weighted by Gasteiger charge is 2.25. The summed E-state index contributed by atoms with van der Waals surface area (Å²) < 4.78 is 5.18. The van der Waals surface area contributed by atoms with Crippen molar-refractivity contribution in [1.82, 2.24) is 4.90 Å². The summed E-state index contributed by atoms with van der Waals surface area (Å²) in [6, 6.07) is 5.17. The lowest BCUT2D eigenvalue weighted by atomic mass is 10.1. The number of carbonyl (C=O) groups excluding carboxylic acids is 1. The quantitative estimate of drug-likeness (QED) is 0.764. The van der Waals surface area contributed by atoms with Crippen molar-refractivity contribution in [2.45, 2.75) is 18.9 Å². The lowest BCUT2D eigenvalue weighted by molar-refractivity contribution is 0.0545. The minimum atomic E-state index is -0.302. The van der Waals surface area contributed by atoms with Crippen LogP contribution in [0, 0.1) is 0 Å². The largest absolute Gasteiger partial charge is 0.496 e. The number of aliphatic hydroxyl groups is 1. The van der Waals surface area contributed by atoms with E-state index in [1.165, 1.54) is 7.11 Å². The van der Waals surface area contributed by atoms with Gasteiger partial charge >= 0.3 is 0 Å². The van der Waals surface area contributed by atoms with Crippen LogP contribution in [-0.2, 0) is 0 Å². The molecule has 1 aromatic rings. The van der Waals surface area contributed by atoms with Gasteiger partial charge in [0.25, 0.3) is 5.91 Å². The molecule has 1 saturated heterocycles. The number of ether oxygens (including phenoxy) is 1. The third-order valence-corrected chi connectivity index (χ3v) is 3.24. The Labute approximate surface area is 106 Å². The molecule has 0 spiro atoms. The number of methoxy groups -OCH3 is 1. The first kappa shape index (κ1) is 12.7. The molecule has 3 N–H and O–H groups in total. The molecule has 0 aliphatic carbocycles. The van der Waals surface area contributed by atoms with E-state index >= 15 is 0 Å². The van der Waals surface area contributed by atoms with E-state index in [0.717, 1.165) is 0 Å². The van der Waals surface area contributed by atoms with E-state index in [4.69, 9.17) is 10.5 Å². The molecule has 2 rings (SSSR count). The number of carbonyl (C=O) groups is 1. The van der Waals surface area contributed by atoms with Crippen LogP contribution in [0.25, 0.3) is 0 Å². The van der Waals surface area contributed by atoms with E-state index in [2.05, 4.69) is 0 Å². The smallest absolute Gasteiger partial charge is 0.259 e. The fraction of sp³-hybridized carbons (Fsp3) is 0.462. The van der Waals surface area contributed by atoms with E-state index in [1.54, 1.807) is 23.1 Å². The summed E-state index contributed by atoms with van der Waals surface area (Å²) in [5.41, 5.74) is 6.69. The van der Waals surface area contributed by atoms with E-state index < -0.39 is 0 Å². The van der Waals surface area contributed by atoms with E-state index in [0.29, 0.717) is 42.9 Å². The van der Waals surface area contributed by atoms with Crippen molar-refractivity contribution < 1.29 is 14.6 Å². The molecule has 5 nitrogen and oxygen atoms in total. The highest BCUT2D eigenvalue weighted by atomic mass is 16.5. The van der Waals surface area contributed by atoms with Gasteiger partial charge in [0.15, 0.2) is 0 Å². The molecule has 18 heavy (non-hydrogen) atoms. The number of hydrogen-bond acceptors (Lipinski definition) is 4. The second kappa shape index (κ2) is 5.27. The maximum atomic E-state index is 12.4. The molecule has 1 aliphatic rings. The van der Waals surface area contributed by atoms with Crippen molar-refractivity contribution in [3.8, 4) is 5.75 Å². The molecule has 1 aliphatic heterocycles. The Morgan fingerprint density at radius 1 is 1.44 bits per heavy atom. The molecule has 1 aromatic carbocycles. The Morgan fingerprint density at radius 3 is 2.72 bits per heavy atom. The zero-order chi connectivity index (χ0) is 13.1. The molecule has 0 radical (unpaired) electrons. The summed E-state index contributed by atoms with van der Waals surface area (Å²) in [6.45, 7) is 1.11. The first-order chi connectivity index (χ1) is 8.63. The number of amides is 1. The number of rotatable bonds is 2. The number of nitrogens with zero attached hydrogens (tertiary/aromatic N) is 1. The standard InChI is InChI=1S/C13H18N2O3/c1-18-11-4-2-3-10(14)12(11)13(17)15-7-5-9(16)6-8-15/h2-4,9,16H,5-8,14H2,1H3. The van der Waals surface area contributed by atoms with Gasteiger partial charge in [0, 0.05) is 18.8 Å². The number of anilines is 1. The second-order valence-electron chi connectivity index (χ2n) is 4.45. The van der Waals surface area contributed by atoms with Crippen LogP contribution in [0.15, 0.2) is 18.2 Å². The molecule has 5 heteroatoms. The number of aliphatic hydroxyl groups excluding tert-OH is 1. The maximum Gasteiger partial charge on any atom is 0.259 e. The Balaban J connectivity index is 2.23. The Morgan fingerprint density at radius 2 is 2.11 bits per heavy atom. The number of nitrogen functional groups attached to an aromatic ring is 1. The molecule has 0 bridgehead atoms. The van der Waals surface area contributed by atoms with Crippen molar-refractivity contribution in [1.29, 1.82) is 0 Å². The van der Waals surface area contributed by atoms with Crippen molar-refractivity contribution in [2.75, 3.05) is 25.9 Å². The number of likely N-dealkylation sites (tertiary alicyclic amines) is 1. The first-order valence-electron chi connectivity index (χ1n) is 6.03. The third kappa shape index (κ3) is 2.41. The second-order valence-corrected chi connectivity index (χ2v) is 4.45. The number of benzene rings is 1. The van der Waals surface area contributed by atoms with Crippen molar-refractivity contribution in [2.24, 2.45) is 0 Å². The molecule has 98 valence electrons. The summed E-state index contributed by atoms with van der Waals surface area (Å²) >= 11 is 0. The highest BCUT2D eigenvalue weighted by Crippen LogP contribution is 2.26. The summed E-state index contributed by atoms with van der Waals surface area (Å²) in [5.74, 6) is 0.364. The fourth-order valence-corrected chi connectivity index (χ4v) is 2.17. The predicted molar refractivity (Wildman–Crippen MR) is 68.6 cm³/mol. The van der Waals surface area contributed by atoms with Gasteiger partial charge in [0.05, 0.1) is 13.2 Å². The van der Waals surface area contributed by atoms with Gasteiger partial charge in [-0.3, -0.25) is 4.79 Å². The zero-order valence-electron chi connectivity index (χ0n) is 10.4. The van der Waals surface area contributed by atoms with Crippen LogP contribution in [0.3, 0.4) is 0 Å². The average Bonchev–Trinajstić information content (AvgIpc) is 2.38. The lowest BCUT2D eigenvalue weighted by Crippen LogP contribution is -2.40. The van der Waals surface area contributed by atoms with Crippen LogP contribution in [0.2, 0.25) is 0 Å². The maximum absolute atomic E-state index is 12.4. The summed E-state index contributed by atoms with van der Waals surface area (Å²) in [6.07, 6.45) is 0.922. The molecule has 1 fully saturated rings. The van der Waals surface area contributed by atoms with Gasteiger partial charge in [-0.2, -0.15) is 0 Å². The monoisotopic (exact) mass is 250 g/mol. The van der Waals surface area contributed by atoms with Gasteiger partial charge in [0.2, 0.25) is 0 Å². The molecule has 0 saturated carbocycles. The number of piperidine rings is 1. The molecule has 1 amide bonds. The van der Waals surface area contributed by atoms with Crippen LogP contribution in [0.1, 0.15) is 23.2 Å². The van der Waals surface area contributed by atoms with Crippen molar-refractivity contribution >= 4 is 11.6 Å². The van der Waals surface area contributed by atoms with E-state index in [9.17, 15) is 9.90 Å². The van der Waals surface area contributed by atoms with Crippen LogP contribution in [0.5, 0.6) is 5.75 Å². The van der Waals surface area contributed by atoms with Crippen LogP contribution >= 0.6 is 0 Å². The minimum Gasteiger partial charge on any atom is -0.496 e. The summed E-state index contributed by atoms with van der Waals surface area (Å²) in [4.78, 5) is 14.1.